The van der Waals surface area contributed by atoms with E-state index in [2.05, 4.69) is 10.00 Å². The second-order valence-corrected chi connectivity index (χ2v) is 7.70. The molecule has 1 saturated heterocycles. The van der Waals surface area contributed by atoms with Gasteiger partial charge in [-0.25, -0.2) is 13.9 Å². The van der Waals surface area contributed by atoms with E-state index >= 15 is 0 Å². The quantitative estimate of drug-likeness (QED) is 0.731. The fourth-order valence-electron chi connectivity index (χ4n) is 3.55. The third-order valence-corrected chi connectivity index (χ3v) is 5.41. The predicted octanol–water partition coefficient (Wildman–Crippen LogP) is 2.17. The minimum atomic E-state index is -0.461. The Labute approximate surface area is 168 Å². The highest BCUT2D eigenvalue weighted by Crippen LogP contribution is 2.26. The molecule has 3 heterocycles. The van der Waals surface area contributed by atoms with E-state index in [0.29, 0.717) is 31.8 Å². The summed E-state index contributed by atoms with van der Waals surface area (Å²) in [5.41, 5.74) is 8.21. The molecular weight excluding hydrogens is 371 g/mol. The van der Waals surface area contributed by atoms with Crippen LogP contribution < -0.4 is 10.6 Å². The Kier molecular flexibility index (Phi) is 5.19. The number of fused-ring (bicyclic) bond motifs is 1. The van der Waals surface area contributed by atoms with Gasteiger partial charge in [-0.1, -0.05) is 26.0 Å². The van der Waals surface area contributed by atoms with Gasteiger partial charge >= 0.3 is 0 Å². The maximum Gasteiger partial charge on any atom is 0.239 e. The van der Waals surface area contributed by atoms with Crippen molar-refractivity contribution in [1.29, 1.82) is 0 Å². The van der Waals surface area contributed by atoms with Gasteiger partial charge in [0.25, 0.3) is 0 Å². The Morgan fingerprint density at radius 1 is 1.17 bits per heavy atom. The first-order valence-corrected chi connectivity index (χ1v) is 9.83. The second-order valence-electron chi connectivity index (χ2n) is 7.70. The van der Waals surface area contributed by atoms with Crippen LogP contribution in [0.1, 0.15) is 13.8 Å². The number of hydrogen-bond acceptors (Lipinski definition) is 5. The van der Waals surface area contributed by atoms with Crippen molar-refractivity contribution >= 4 is 17.4 Å². The molecule has 2 aromatic heterocycles. The van der Waals surface area contributed by atoms with Gasteiger partial charge in [0.1, 0.15) is 11.6 Å². The number of anilines is 1. The number of halogens is 1. The van der Waals surface area contributed by atoms with Crippen LogP contribution >= 0.6 is 0 Å². The van der Waals surface area contributed by atoms with Crippen LogP contribution in [-0.4, -0.2) is 57.6 Å². The maximum absolute atomic E-state index is 13.6. The largest absolute Gasteiger partial charge is 0.353 e. The highest BCUT2D eigenvalue weighted by molar-refractivity contribution is 5.82. The zero-order valence-corrected chi connectivity index (χ0v) is 16.6. The van der Waals surface area contributed by atoms with Gasteiger partial charge in [-0.15, -0.1) is 0 Å². The zero-order valence-electron chi connectivity index (χ0n) is 16.6. The Balaban J connectivity index is 1.54. The summed E-state index contributed by atoms with van der Waals surface area (Å²) in [6, 6.07) is 7.87. The van der Waals surface area contributed by atoms with E-state index in [1.54, 1.807) is 16.8 Å². The first-order chi connectivity index (χ1) is 13.9. The number of hydrogen-bond donors (Lipinski definition) is 1. The average Bonchev–Trinajstić information content (AvgIpc) is 3.16. The molecule has 1 aliphatic heterocycles. The summed E-state index contributed by atoms with van der Waals surface area (Å²) < 4.78 is 15.3. The van der Waals surface area contributed by atoms with Crippen LogP contribution in [0.3, 0.4) is 0 Å². The molecule has 1 aliphatic rings. The van der Waals surface area contributed by atoms with Gasteiger partial charge in [-0.2, -0.15) is 5.10 Å². The number of piperazine rings is 1. The third-order valence-electron chi connectivity index (χ3n) is 5.41. The van der Waals surface area contributed by atoms with Crippen LogP contribution in [0.15, 0.2) is 42.7 Å². The summed E-state index contributed by atoms with van der Waals surface area (Å²) in [6.45, 7) is 6.51. The molecule has 152 valence electrons. The highest BCUT2D eigenvalue weighted by Gasteiger charge is 2.27. The van der Waals surface area contributed by atoms with E-state index < -0.39 is 6.04 Å². The number of nitrogens with two attached hydrogens (primary N) is 1. The summed E-state index contributed by atoms with van der Waals surface area (Å²) >= 11 is 0. The Morgan fingerprint density at radius 3 is 2.62 bits per heavy atom. The second kappa shape index (κ2) is 7.79. The molecule has 0 spiro atoms. The summed E-state index contributed by atoms with van der Waals surface area (Å²) in [4.78, 5) is 21.2. The molecule has 1 amide bonds. The van der Waals surface area contributed by atoms with Gasteiger partial charge in [-0.3, -0.25) is 4.79 Å². The molecule has 29 heavy (non-hydrogen) atoms. The van der Waals surface area contributed by atoms with Crippen LogP contribution in [-0.2, 0) is 4.79 Å². The zero-order chi connectivity index (χ0) is 20.5. The van der Waals surface area contributed by atoms with E-state index in [9.17, 15) is 9.18 Å². The van der Waals surface area contributed by atoms with Crippen molar-refractivity contribution in [3.63, 3.8) is 0 Å². The average molecular weight is 396 g/mol. The van der Waals surface area contributed by atoms with E-state index in [4.69, 9.17) is 10.7 Å². The number of benzene rings is 1. The number of aromatic nitrogens is 3. The molecule has 0 radical (unpaired) electrons. The molecule has 1 fully saturated rings. The van der Waals surface area contributed by atoms with Crippen LogP contribution in [0.4, 0.5) is 10.2 Å². The lowest BCUT2D eigenvalue weighted by atomic mass is 10.0. The molecule has 1 atom stereocenters. The SMILES string of the molecule is CC(C)[C@H](N)C(=O)N1CCN(c2ccn3ncc(-c4cccc(F)c4)c3n2)CC1. The number of rotatable bonds is 4. The van der Waals surface area contributed by atoms with Crippen molar-refractivity contribution < 1.29 is 9.18 Å². The van der Waals surface area contributed by atoms with Gasteiger partial charge < -0.3 is 15.5 Å². The molecule has 0 unspecified atom stereocenters. The van der Waals surface area contributed by atoms with E-state index in [0.717, 1.165) is 16.9 Å². The van der Waals surface area contributed by atoms with Crippen molar-refractivity contribution in [3.05, 3.63) is 48.5 Å². The Hall–Kier alpha value is -3.00. The van der Waals surface area contributed by atoms with Gasteiger partial charge in [-0.05, 0) is 29.7 Å². The first kappa shape index (κ1) is 19.3. The Morgan fingerprint density at radius 2 is 1.93 bits per heavy atom. The fraction of sp³-hybridized carbons (Fsp3) is 0.381. The molecule has 1 aromatic carbocycles. The number of carbonyl (C=O) groups excluding carboxylic acids is 1. The van der Waals surface area contributed by atoms with Crippen molar-refractivity contribution in [1.82, 2.24) is 19.5 Å². The molecule has 3 aromatic rings. The normalized spacial score (nSPS) is 15.9. The lowest BCUT2D eigenvalue weighted by Crippen LogP contribution is -2.54. The van der Waals surface area contributed by atoms with Crippen LogP contribution in [0.25, 0.3) is 16.8 Å². The van der Waals surface area contributed by atoms with Crippen molar-refractivity contribution in [2.45, 2.75) is 19.9 Å². The van der Waals surface area contributed by atoms with E-state index in [1.807, 2.05) is 37.1 Å². The molecule has 7 nitrogen and oxygen atoms in total. The molecule has 8 heteroatoms. The van der Waals surface area contributed by atoms with Crippen molar-refractivity contribution in [2.75, 3.05) is 31.1 Å². The van der Waals surface area contributed by atoms with Crippen molar-refractivity contribution in [3.8, 4) is 11.1 Å². The summed E-state index contributed by atoms with van der Waals surface area (Å²) in [5.74, 6) is 0.647. The van der Waals surface area contributed by atoms with Crippen molar-refractivity contribution in [2.24, 2.45) is 11.7 Å². The summed E-state index contributed by atoms with van der Waals surface area (Å²) in [7, 11) is 0. The fourth-order valence-corrected chi connectivity index (χ4v) is 3.55. The lowest BCUT2D eigenvalue weighted by Gasteiger charge is -2.37. The topological polar surface area (TPSA) is 79.8 Å². The van der Waals surface area contributed by atoms with Crippen LogP contribution in [0.2, 0.25) is 0 Å². The molecule has 0 bridgehead atoms. The smallest absolute Gasteiger partial charge is 0.239 e. The standard InChI is InChI=1S/C21H25FN6O/c1-14(2)19(23)21(29)27-10-8-26(9-11-27)18-6-7-28-20(25-18)17(13-24-28)15-4-3-5-16(22)12-15/h3-7,12-14,19H,8-11,23H2,1-2H3/t19-/m0/s1. The first-order valence-electron chi connectivity index (χ1n) is 9.83. The van der Waals surface area contributed by atoms with Gasteiger partial charge in [0.05, 0.1) is 12.2 Å². The number of amides is 1. The minimum absolute atomic E-state index is 0.00671. The molecule has 0 aliphatic carbocycles. The molecule has 2 N–H and O–H groups in total. The van der Waals surface area contributed by atoms with Gasteiger partial charge in [0, 0.05) is 37.9 Å². The van der Waals surface area contributed by atoms with E-state index in [-0.39, 0.29) is 17.6 Å². The maximum atomic E-state index is 13.6. The summed E-state index contributed by atoms with van der Waals surface area (Å²) in [5, 5.41) is 4.33. The third kappa shape index (κ3) is 3.80. The molecule has 4 rings (SSSR count). The lowest BCUT2D eigenvalue weighted by molar-refractivity contribution is -0.133. The Bertz CT molecular complexity index is 1020. The highest BCUT2D eigenvalue weighted by atomic mass is 19.1. The molecule has 0 saturated carbocycles. The van der Waals surface area contributed by atoms with Gasteiger partial charge in [0.2, 0.25) is 5.91 Å². The van der Waals surface area contributed by atoms with Crippen LogP contribution in [0, 0.1) is 11.7 Å². The van der Waals surface area contributed by atoms with Gasteiger partial charge in [0.15, 0.2) is 5.65 Å². The summed E-state index contributed by atoms with van der Waals surface area (Å²) in [6.07, 6.45) is 3.55. The molecular formula is C21H25FN6O. The number of carbonyl (C=O) groups is 1. The minimum Gasteiger partial charge on any atom is -0.353 e. The predicted molar refractivity (Wildman–Crippen MR) is 110 cm³/mol. The monoisotopic (exact) mass is 396 g/mol. The van der Waals surface area contributed by atoms with E-state index in [1.165, 1.54) is 12.1 Å². The number of nitrogens with zero attached hydrogens (tertiary/aromatic N) is 5. The van der Waals surface area contributed by atoms with Crippen LogP contribution in [0.5, 0.6) is 0 Å².